The number of hydrogen-bond acceptors (Lipinski definition) is 4. The van der Waals surface area contributed by atoms with E-state index in [-0.39, 0.29) is 48.5 Å². The summed E-state index contributed by atoms with van der Waals surface area (Å²) in [6.07, 6.45) is 3.52. The summed E-state index contributed by atoms with van der Waals surface area (Å²) in [5.41, 5.74) is 5.35. The molecule has 7 nitrogen and oxygen atoms in total. The van der Waals surface area contributed by atoms with Crippen LogP contribution in [-0.2, 0) is 14.4 Å². The highest BCUT2D eigenvalue weighted by Crippen LogP contribution is 2.21. The molecule has 2 atom stereocenters. The molecule has 0 saturated carbocycles. The van der Waals surface area contributed by atoms with Gasteiger partial charge >= 0.3 is 0 Å². The molecular weight excluding hydrogens is 308 g/mol. The number of nitrogens with two attached hydrogens (primary N) is 1. The van der Waals surface area contributed by atoms with Crippen molar-refractivity contribution >= 4 is 30.1 Å². The van der Waals surface area contributed by atoms with Crippen LogP contribution in [0.15, 0.2) is 0 Å². The lowest BCUT2D eigenvalue weighted by Crippen LogP contribution is -2.51. The predicted molar refractivity (Wildman–Crippen MR) is 84.4 cm³/mol. The smallest absolute Gasteiger partial charge is 0.228 e. The molecule has 0 spiro atoms. The van der Waals surface area contributed by atoms with Gasteiger partial charge in [0.1, 0.15) is 0 Å². The summed E-state index contributed by atoms with van der Waals surface area (Å²) in [7, 11) is 0. The molecular formula is C14H25ClN4O3. The van der Waals surface area contributed by atoms with Crippen LogP contribution in [0.4, 0.5) is 0 Å². The van der Waals surface area contributed by atoms with Gasteiger partial charge in [0.25, 0.3) is 0 Å². The molecule has 2 fully saturated rings. The second-order valence-electron chi connectivity index (χ2n) is 5.73. The Morgan fingerprint density at radius 3 is 2.77 bits per heavy atom. The van der Waals surface area contributed by atoms with E-state index in [2.05, 4.69) is 10.6 Å². The average molecular weight is 333 g/mol. The van der Waals surface area contributed by atoms with Crippen LogP contribution in [-0.4, -0.2) is 54.8 Å². The molecule has 126 valence electrons. The summed E-state index contributed by atoms with van der Waals surface area (Å²) in [6.45, 7) is 1.94. The van der Waals surface area contributed by atoms with Crippen molar-refractivity contribution in [1.82, 2.24) is 15.5 Å². The van der Waals surface area contributed by atoms with Crippen molar-refractivity contribution in [3.8, 4) is 0 Å². The Hall–Kier alpha value is -1.34. The zero-order valence-corrected chi connectivity index (χ0v) is 13.5. The van der Waals surface area contributed by atoms with E-state index in [4.69, 9.17) is 5.73 Å². The monoisotopic (exact) mass is 332 g/mol. The first kappa shape index (κ1) is 18.7. The number of carbonyl (C=O) groups excluding carboxylic acids is 3. The zero-order chi connectivity index (χ0) is 15.2. The largest absolute Gasteiger partial charge is 0.355 e. The van der Waals surface area contributed by atoms with Gasteiger partial charge in [0.2, 0.25) is 17.7 Å². The van der Waals surface area contributed by atoms with Gasteiger partial charge in [-0.25, -0.2) is 0 Å². The molecule has 2 aliphatic rings. The number of nitrogens with one attached hydrogen (secondary N) is 2. The van der Waals surface area contributed by atoms with Crippen molar-refractivity contribution in [3.63, 3.8) is 0 Å². The second-order valence-corrected chi connectivity index (χ2v) is 5.73. The maximum absolute atomic E-state index is 12.5. The van der Waals surface area contributed by atoms with E-state index >= 15 is 0 Å². The van der Waals surface area contributed by atoms with Crippen molar-refractivity contribution in [2.24, 2.45) is 11.7 Å². The Morgan fingerprint density at radius 2 is 2.14 bits per heavy atom. The fourth-order valence-corrected chi connectivity index (χ4v) is 2.97. The van der Waals surface area contributed by atoms with Crippen LogP contribution >= 0.6 is 12.4 Å². The zero-order valence-electron chi connectivity index (χ0n) is 12.7. The maximum atomic E-state index is 12.5. The summed E-state index contributed by atoms with van der Waals surface area (Å²) in [6, 6.07) is 0.0312. The van der Waals surface area contributed by atoms with E-state index in [1.54, 1.807) is 0 Å². The maximum Gasteiger partial charge on any atom is 0.228 e. The van der Waals surface area contributed by atoms with Crippen molar-refractivity contribution in [1.29, 1.82) is 0 Å². The van der Waals surface area contributed by atoms with E-state index in [1.807, 2.05) is 4.90 Å². The van der Waals surface area contributed by atoms with Crippen molar-refractivity contribution in [3.05, 3.63) is 0 Å². The Morgan fingerprint density at radius 1 is 1.36 bits per heavy atom. The minimum absolute atomic E-state index is 0. The lowest BCUT2D eigenvalue weighted by atomic mass is 9.98. The van der Waals surface area contributed by atoms with E-state index in [0.717, 1.165) is 19.3 Å². The highest BCUT2D eigenvalue weighted by atomic mass is 35.5. The number of amides is 3. The Kier molecular flexibility index (Phi) is 7.61. The molecule has 0 aromatic rings. The Balaban J connectivity index is 0.00000242. The molecule has 4 N–H and O–H groups in total. The summed E-state index contributed by atoms with van der Waals surface area (Å²) >= 11 is 0. The van der Waals surface area contributed by atoms with Crippen molar-refractivity contribution < 1.29 is 14.4 Å². The normalized spacial score (nSPS) is 24.4. The van der Waals surface area contributed by atoms with Crippen LogP contribution in [0.5, 0.6) is 0 Å². The third-order valence-corrected chi connectivity index (χ3v) is 4.14. The summed E-state index contributed by atoms with van der Waals surface area (Å²) in [4.78, 5) is 37.1. The molecule has 2 unspecified atom stereocenters. The van der Waals surface area contributed by atoms with Gasteiger partial charge in [0, 0.05) is 45.1 Å². The molecule has 3 amide bonds. The third kappa shape index (κ3) is 4.84. The minimum Gasteiger partial charge on any atom is -0.355 e. The van der Waals surface area contributed by atoms with E-state index in [9.17, 15) is 14.4 Å². The third-order valence-electron chi connectivity index (χ3n) is 4.14. The van der Waals surface area contributed by atoms with Crippen LogP contribution in [0, 0.1) is 5.92 Å². The average Bonchev–Trinajstić information content (AvgIpc) is 2.91. The highest BCUT2D eigenvalue weighted by molar-refractivity contribution is 5.89. The topological polar surface area (TPSA) is 105 Å². The molecule has 0 aliphatic carbocycles. The first-order valence-electron chi connectivity index (χ1n) is 7.65. The molecule has 2 aliphatic heterocycles. The predicted octanol–water partition coefficient (Wildman–Crippen LogP) is -0.610. The van der Waals surface area contributed by atoms with Gasteiger partial charge in [-0.15, -0.1) is 12.4 Å². The van der Waals surface area contributed by atoms with Crippen LogP contribution in [0.3, 0.4) is 0 Å². The van der Waals surface area contributed by atoms with Gasteiger partial charge in [-0.3, -0.25) is 14.4 Å². The molecule has 2 rings (SSSR count). The number of carbonyl (C=O) groups is 3. The summed E-state index contributed by atoms with van der Waals surface area (Å²) in [5, 5.41) is 5.54. The van der Waals surface area contributed by atoms with Crippen molar-refractivity contribution in [2.45, 2.75) is 38.1 Å². The first-order chi connectivity index (χ1) is 10.1. The first-order valence-corrected chi connectivity index (χ1v) is 7.65. The SMILES string of the molecule is Cl.NCCC(=O)NCC1CCCCN1C(=O)C1CNC(=O)C1. The quantitative estimate of drug-likeness (QED) is 0.624. The Labute approximate surface area is 136 Å². The van der Waals surface area contributed by atoms with Crippen molar-refractivity contribution in [2.75, 3.05) is 26.2 Å². The number of halogens is 1. The fraction of sp³-hybridized carbons (Fsp3) is 0.786. The lowest BCUT2D eigenvalue weighted by Gasteiger charge is -2.37. The second kappa shape index (κ2) is 8.95. The van der Waals surface area contributed by atoms with Crippen LogP contribution in [0.1, 0.15) is 32.1 Å². The van der Waals surface area contributed by atoms with Crippen LogP contribution < -0.4 is 16.4 Å². The van der Waals surface area contributed by atoms with Gasteiger partial charge in [0.15, 0.2) is 0 Å². The molecule has 22 heavy (non-hydrogen) atoms. The summed E-state index contributed by atoms with van der Waals surface area (Å²) < 4.78 is 0. The fourth-order valence-electron chi connectivity index (χ4n) is 2.97. The van der Waals surface area contributed by atoms with E-state index in [0.29, 0.717) is 32.6 Å². The van der Waals surface area contributed by atoms with Gasteiger partial charge < -0.3 is 21.3 Å². The van der Waals surface area contributed by atoms with E-state index in [1.165, 1.54) is 0 Å². The number of nitrogens with zero attached hydrogens (tertiary/aromatic N) is 1. The van der Waals surface area contributed by atoms with Gasteiger partial charge in [-0.1, -0.05) is 0 Å². The van der Waals surface area contributed by atoms with Gasteiger partial charge in [0.05, 0.1) is 5.92 Å². The molecule has 8 heteroatoms. The number of rotatable bonds is 5. The highest BCUT2D eigenvalue weighted by Gasteiger charge is 2.35. The van der Waals surface area contributed by atoms with E-state index < -0.39 is 0 Å². The summed E-state index contributed by atoms with van der Waals surface area (Å²) in [5.74, 6) is -0.352. The van der Waals surface area contributed by atoms with Gasteiger partial charge in [-0.05, 0) is 19.3 Å². The van der Waals surface area contributed by atoms with Crippen LogP contribution in [0.2, 0.25) is 0 Å². The number of piperidine rings is 1. The molecule has 0 bridgehead atoms. The minimum atomic E-state index is -0.252. The van der Waals surface area contributed by atoms with Crippen LogP contribution in [0.25, 0.3) is 0 Å². The number of hydrogen-bond donors (Lipinski definition) is 3. The Bertz CT molecular complexity index is 419. The molecule has 0 aromatic carbocycles. The lowest BCUT2D eigenvalue weighted by molar-refractivity contribution is -0.139. The molecule has 2 saturated heterocycles. The molecule has 2 heterocycles. The molecule has 0 aromatic heterocycles. The van der Waals surface area contributed by atoms with Gasteiger partial charge in [-0.2, -0.15) is 0 Å². The standard InChI is InChI=1S/C14H24N4O3.ClH/c15-5-4-12(19)17-9-11-3-1-2-6-18(11)14(21)10-7-13(20)16-8-10;/h10-11H,1-9,15H2,(H,16,20)(H,17,19);1H. The molecule has 0 radical (unpaired) electrons. The number of likely N-dealkylation sites (tertiary alicyclic amines) is 1.